The van der Waals surface area contributed by atoms with Gasteiger partial charge in [-0.05, 0) is 30.3 Å². The molecule has 27 heavy (non-hydrogen) atoms. The first-order chi connectivity index (χ1) is 13.3. The fraction of sp³-hybridized carbons (Fsp3) is 0.238. The molecule has 3 aromatic rings. The molecule has 4 rings (SSSR count). The first-order valence-electron chi connectivity index (χ1n) is 9.09. The van der Waals surface area contributed by atoms with E-state index in [0.29, 0.717) is 5.69 Å². The fourth-order valence-corrected chi connectivity index (χ4v) is 3.16. The van der Waals surface area contributed by atoms with Crippen LogP contribution in [-0.2, 0) is 11.3 Å². The van der Waals surface area contributed by atoms with Gasteiger partial charge in [-0.1, -0.05) is 18.2 Å². The number of pyridine rings is 1. The standard InChI is InChI=1S/C21H21N5O/c27-21(9-8-17-15-23-19-6-1-2-7-20(19)24-17)26-13-11-25(12-14-26)16-18-5-3-4-10-22-18/h1-10,15H,11-14,16H2/b9-8+. The largest absolute Gasteiger partial charge is 0.337 e. The minimum absolute atomic E-state index is 0.0162. The molecule has 0 saturated carbocycles. The molecule has 1 fully saturated rings. The van der Waals surface area contributed by atoms with Crippen molar-refractivity contribution in [2.24, 2.45) is 0 Å². The van der Waals surface area contributed by atoms with Gasteiger partial charge in [0, 0.05) is 45.0 Å². The Kier molecular flexibility index (Phi) is 5.16. The molecule has 3 heterocycles. The second kappa shape index (κ2) is 8.05. The first kappa shape index (κ1) is 17.3. The van der Waals surface area contributed by atoms with E-state index >= 15 is 0 Å². The lowest BCUT2D eigenvalue weighted by atomic mass is 10.2. The molecule has 6 nitrogen and oxygen atoms in total. The summed E-state index contributed by atoms with van der Waals surface area (Å²) < 4.78 is 0. The van der Waals surface area contributed by atoms with Crippen molar-refractivity contribution in [1.29, 1.82) is 0 Å². The quantitative estimate of drug-likeness (QED) is 0.670. The number of amides is 1. The molecule has 6 heteroatoms. The summed E-state index contributed by atoms with van der Waals surface area (Å²) in [6.45, 7) is 3.97. The molecule has 136 valence electrons. The van der Waals surface area contributed by atoms with Crippen LogP contribution in [0.4, 0.5) is 0 Å². The molecular weight excluding hydrogens is 338 g/mol. The Hall–Kier alpha value is -3.12. The number of fused-ring (bicyclic) bond motifs is 1. The van der Waals surface area contributed by atoms with E-state index in [2.05, 4.69) is 19.9 Å². The predicted octanol–water partition coefficient (Wildman–Crippen LogP) is 2.38. The van der Waals surface area contributed by atoms with Crippen molar-refractivity contribution in [1.82, 2.24) is 24.8 Å². The molecule has 1 saturated heterocycles. The van der Waals surface area contributed by atoms with E-state index in [0.717, 1.165) is 49.5 Å². The summed E-state index contributed by atoms with van der Waals surface area (Å²) in [5.74, 6) is 0.0162. The molecule has 1 amide bonds. The number of aromatic nitrogens is 3. The molecule has 0 aliphatic carbocycles. The van der Waals surface area contributed by atoms with E-state index < -0.39 is 0 Å². The number of piperazine rings is 1. The van der Waals surface area contributed by atoms with E-state index in [1.165, 1.54) is 0 Å². The summed E-state index contributed by atoms with van der Waals surface area (Å²) in [6.07, 6.45) is 6.84. The average Bonchev–Trinajstić information content (AvgIpc) is 2.73. The van der Waals surface area contributed by atoms with Crippen molar-refractivity contribution < 1.29 is 4.79 Å². The first-order valence-corrected chi connectivity index (χ1v) is 9.09. The third kappa shape index (κ3) is 4.35. The second-order valence-electron chi connectivity index (χ2n) is 6.54. The van der Waals surface area contributed by atoms with E-state index in [4.69, 9.17) is 0 Å². The van der Waals surface area contributed by atoms with Crippen LogP contribution >= 0.6 is 0 Å². The third-order valence-electron chi connectivity index (χ3n) is 4.66. The van der Waals surface area contributed by atoms with Crippen LogP contribution in [0.15, 0.2) is 60.9 Å². The molecule has 0 radical (unpaired) electrons. The summed E-state index contributed by atoms with van der Waals surface area (Å²) in [6, 6.07) is 13.7. The van der Waals surface area contributed by atoms with Gasteiger partial charge in [0.15, 0.2) is 0 Å². The minimum atomic E-state index is 0.0162. The number of carbonyl (C=O) groups excluding carboxylic acids is 1. The number of para-hydroxylation sites is 2. The molecule has 0 N–H and O–H groups in total. The predicted molar refractivity (Wildman–Crippen MR) is 105 cm³/mol. The Bertz CT molecular complexity index is 949. The molecule has 1 aromatic carbocycles. The number of carbonyl (C=O) groups is 1. The van der Waals surface area contributed by atoms with E-state index in [1.54, 1.807) is 18.3 Å². The van der Waals surface area contributed by atoms with Crippen molar-refractivity contribution in [2.75, 3.05) is 26.2 Å². The minimum Gasteiger partial charge on any atom is -0.337 e. The van der Waals surface area contributed by atoms with Crippen molar-refractivity contribution in [3.8, 4) is 0 Å². The van der Waals surface area contributed by atoms with Gasteiger partial charge in [0.05, 0.1) is 28.6 Å². The maximum absolute atomic E-state index is 12.5. The number of hydrogen-bond donors (Lipinski definition) is 0. The van der Waals surface area contributed by atoms with Crippen LogP contribution in [0.3, 0.4) is 0 Å². The lowest BCUT2D eigenvalue weighted by Crippen LogP contribution is -2.47. The lowest BCUT2D eigenvalue weighted by Gasteiger charge is -2.34. The molecule has 1 aliphatic heterocycles. The van der Waals surface area contributed by atoms with Crippen LogP contribution in [-0.4, -0.2) is 56.8 Å². The van der Waals surface area contributed by atoms with Crippen molar-refractivity contribution in [3.63, 3.8) is 0 Å². The Morgan fingerprint density at radius 2 is 1.74 bits per heavy atom. The average molecular weight is 359 g/mol. The van der Waals surface area contributed by atoms with Crippen LogP contribution in [0.1, 0.15) is 11.4 Å². The molecule has 2 aromatic heterocycles. The van der Waals surface area contributed by atoms with Crippen molar-refractivity contribution in [2.45, 2.75) is 6.54 Å². The normalized spacial score (nSPS) is 15.5. The van der Waals surface area contributed by atoms with Gasteiger partial charge in [0.25, 0.3) is 0 Å². The lowest BCUT2D eigenvalue weighted by molar-refractivity contribution is -0.127. The van der Waals surface area contributed by atoms with Crippen molar-refractivity contribution >= 4 is 23.0 Å². The van der Waals surface area contributed by atoms with Gasteiger partial charge < -0.3 is 4.90 Å². The van der Waals surface area contributed by atoms with Crippen LogP contribution in [0.5, 0.6) is 0 Å². The van der Waals surface area contributed by atoms with Crippen LogP contribution in [0, 0.1) is 0 Å². The summed E-state index contributed by atoms with van der Waals surface area (Å²) in [5.41, 5.74) is 3.43. The fourth-order valence-electron chi connectivity index (χ4n) is 3.16. The maximum atomic E-state index is 12.5. The van der Waals surface area contributed by atoms with Crippen molar-refractivity contribution in [3.05, 3.63) is 72.3 Å². The summed E-state index contributed by atoms with van der Waals surface area (Å²) >= 11 is 0. The maximum Gasteiger partial charge on any atom is 0.246 e. The third-order valence-corrected chi connectivity index (χ3v) is 4.66. The Balaban J connectivity index is 1.32. The molecule has 0 atom stereocenters. The molecule has 0 bridgehead atoms. The zero-order valence-corrected chi connectivity index (χ0v) is 15.0. The monoisotopic (exact) mass is 359 g/mol. The topological polar surface area (TPSA) is 62.2 Å². The highest BCUT2D eigenvalue weighted by Gasteiger charge is 2.19. The van der Waals surface area contributed by atoms with Gasteiger partial charge in [-0.2, -0.15) is 0 Å². The van der Waals surface area contributed by atoms with Gasteiger partial charge in [-0.3, -0.25) is 19.7 Å². The molecule has 0 spiro atoms. The van der Waals surface area contributed by atoms with Gasteiger partial charge in [-0.15, -0.1) is 0 Å². The smallest absolute Gasteiger partial charge is 0.246 e. The number of rotatable bonds is 4. The summed E-state index contributed by atoms with van der Waals surface area (Å²) in [4.78, 5) is 29.9. The Labute approximate surface area is 158 Å². The molecule has 0 unspecified atom stereocenters. The van der Waals surface area contributed by atoms with E-state index in [-0.39, 0.29) is 5.91 Å². The van der Waals surface area contributed by atoms with Crippen LogP contribution in [0.25, 0.3) is 17.1 Å². The van der Waals surface area contributed by atoms with E-state index in [9.17, 15) is 4.79 Å². The van der Waals surface area contributed by atoms with Gasteiger partial charge in [0.2, 0.25) is 5.91 Å². The van der Waals surface area contributed by atoms with Gasteiger partial charge in [0.1, 0.15) is 0 Å². The second-order valence-corrected chi connectivity index (χ2v) is 6.54. The molecule has 1 aliphatic rings. The summed E-state index contributed by atoms with van der Waals surface area (Å²) in [5, 5.41) is 0. The Morgan fingerprint density at radius 1 is 0.963 bits per heavy atom. The highest BCUT2D eigenvalue weighted by molar-refractivity contribution is 5.91. The highest BCUT2D eigenvalue weighted by Crippen LogP contribution is 2.10. The summed E-state index contributed by atoms with van der Waals surface area (Å²) in [7, 11) is 0. The van der Waals surface area contributed by atoms with E-state index in [1.807, 2.05) is 53.6 Å². The van der Waals surface area contributed by atoms with Gasteiger partial charge in [-0.25, -0.2) is 4.98 Å². The SMILES string of the molecule is O=C(/C=C/c1cnc2ccccc2n1)N1CCN(Cc2ccccn2)CC1. The van der Waals surface area contributed by atoms with Crippen LogP contribution < -0.4 is 0 Å². The highest BCUT2D eigenvalue weighted by atomic mass is 16.2. The van der Waals surface area contributed by atoms with Crippen LogP contribution in [0.2, 0.25) is 0 Å². The number of hydrogen-bond acceptors (Lipinski definition) is 5. The zero-order chi connectivity index (χ0) is 18.5. The molecular formula is C21H21N5O. The number of nitrogens with zero attached hydrogens (tertiary/aromatic N) is 5. The Morgan fingerprint density at radius 3 is 2.52 bits per heavy atom. The zero-order valence-electron chi connectivity index (χ0n) is 15.0. The van der Waals surface area contributed by atoms with Gasteiger partial charge >= 0.3 is 0 Å². The number of benzene rings is 1.